The second-order valence-corrected chi connectivity index (χ2v) is 7.50. The first-order valence-electron chi connectivity index (χ1n) is 9.49. The summed E-state index contributed by atoms with van der Waals surface area (Å²) in [7, 11) is 0. The van der Waals surface area contributed by atoms with Crippen molar-refractivity contribution in [1.82, 2.24) is 18.9 Å². The van der Waals surface area contributed by atoms with Crippen LogP contribution in [0.2, 0.25) is 0 Å². The fourth-order valence-corrected chi connectivity index (χ4v) is 3.96. The van der Waals surface area contributed by atoms with Crippen molar-refractivity contribution in [3.8, 4) is 11.3 Å². The Balaban J connectivity index is 1.28. The smallest absolute Gasteiger partial charge is 0.255 e. The summed E-state index contributed by atoms with van der Waals surface area (Å²) in [6.07, 6.45) is 2.43. The van der Waals surface area contributed by atoms with Crippen LogP contribution in [0.1, 0.15) is 23.2 Å². The van der Waals surface area contributed by atoms with E-state index in [9.17, 15) is 4.79 Å². The van der Waals surface area contributed by atoms with Crippen molar-refractivity contribution in [2.24, 2.45) is 0 Å². The standard InChI is InChI=1S/C21H18N6OS/c28-21(15-5-8-18-19(13-15)26-29-25-18)22-16-6-3-14(4-7-16)17-9-10-20(24-23-17)27-11-1-2-12-27/h3-10,13H,1-2,11-12H2,(H,22,28). The van der Waals surface area contributed by atoms with Crippen LogP contribution in [0.25, 0.3) is 22.3 Å². The summed E-state index contributed by atoms with van der Waals surface area (Å²) in [6, 6.07) is 16.9. The highest BCUT2D eigenvalue weighted by Crippen LogP contribution is 2.23. The molecule has 0 spiro atoms. The molecular weight excluding hydrogens is 384 g/mol. The summed E-state index contributed by atoms with van der Waals surface area (Å²) < 4.78 is 8.33. The van der Waals surface area contributed by atoms with Crippen LogP contribution in [-0.2, 0) is 0 Å². The van der Waals surface area contributed by atoms with Crippen LogP contribution in [0.15, 0.2) is 54.6 Å². The van der Waals surface area contributed by atoms with Gasteiger partial charge in [-0.05, 0) is 55.3 Å². The molecular formula is C21H18N6OS. The molecule has 0 atom stereocenters. The molecule has 1 fully saturated rings. The molecule has 2 aromatic carbocycles. The number of aromatic nitrogens is 4. The van der Waals surface area contributed by atoms with Gasteiger partial charge in [0.1, 0.15) is 11.0 Å². The zero-order valence-electron chi connectivity index (χ0n) is 15.6. The van der Waals surface area contributed by atoms with Crippen LogP contribution in [0, 0.1) is 0 Å². The van der Waals surface area contributed by atoms with Gasteiger partial charge in [0.2, 0.25) is 0 Å². The highest BCUT2D eigenvalue weighted by molar-refractivity contribution is 7.00. The number of nitrogens with zero attached hydrogens (tertiary/aromatic N) is 5. The Kier molecular flexibility index (Phi) is 4.61. The summed E-state index contributed by atoms with van der Waals surface area (Å²) in [4.78, 5) is 14.8. The van der Waals surface area contributed by atoms with E-state index in [0.717, 1.165) is 58.6 Å². The molecule has 2 aromatic heterocycles. The van der Waals surface area contributed by atoms with Crippen molar-refractivity contribution >= 4 is 40.2 Å². The Bertz CT molecular complexity index is 1150. The second kappa shape index (κ2) is 7.56. The van der Waals surface area contributed by atoms with Gasteiger partial charge < -0.3 is 10.2 Å². The molecule has 1 amide bonds. The first-order chi connectivity index (χ1) is 14.3. The Morgan fingerprint density at radius 2 is 1.69 bits per heavy atom. The maximum Gasteiger partial charge on any atom is 0.255 e. The van der Waals surface area contributed by atoms with Gasteiger partial charge in [-0.2, -0.15) is 8.75 Å². The lowest BCUT2D eigenvalue weighted by Gasteiger charge is -2.15. The average Bonchev–Trinajstić information content (AvgIpc) is 3.46. The molecule has 144 valence electrons. The van der Waals surface area contributed by atoms with Crippen LogP contribution in [0.5, 0.6) is 0 Å². The zero-order valence-corrected chi connectivity index (χ0v) is 16.4. The molecule has 1 saturated heterocycles. The summed E-state index contributed by atoms with van der Waals surface area (Å²) >= 11 is 1.14. The minimum absolute atomic E-state index is 0.178. The number of hydrogen-bond donors (Lipinski definition) is 1. The summed E-state index contributed by atoms with van der Waals surface area (Å²) in [6.45, 7) is 2.10. The van der Waals surface area contributed by atoms with E-state index < -0.39 is 0 Å². The van der Waals surface area contributed by atoms with Crippen LogP contribution < -0.4 is 10.2 Å². The fourth-order valence-electron chi connectivity index (χ4n) is 3.45. The van der Waals surface area contributed by atoms with E-state index in [1.165, 1.54) is 12.8 Å². The topological polar surface area (TPSA) is 83.9 Å². The third-order valence-electron chi connectivity index (χ3n) is 5.04. The number of benzene rings is 2. The first-order valence-corrected chi connectivity index (χ1v) is 10.2. The number of carbonyl (C=O) groups is 1. The minimum atomic E-state index is -0.178. The third-order valence-corrected chi connectivity index (χ3v) is 5.59. The quantitative estimate of drug-likeness (QED) is 0.555. The van der Waals surface area contributed by atoms with E-state index in [1.807, 2.05) is 36.4 Å². The summed E-state index contributed by atoms with van der Waals surface area (Å²) in [5, 5.41) is 11.6. The Morgan fingerprint density at radius 1 is 0.897 bits per heavy atom. The van der Waals surface area contributed by atoms with Gasteiger partial charge in [-0.3, -0.25) is 4.79 Å². The third kappa shape index (κ3) is 3.66. The Labute approximate surface area is 171 Å². The molecule has 3 heterocycles. The van der Waals surface area contributed by atoms with Crippen LogP contribution in [0.4, 0.5) is 11.5 Å². The molecule has 8 heteroatoms. The van der Waals surface area contributed by atoms with Gasteiger partial charge in [0, 0.05) is 29.9 Å². The van der Waals surface area contributed by atoms with Gasteiger partial charge in [-0.15, -0.1) is 10.2 Å². The first kappa shape index (κ1) is 17.7. The largest absolute Gasteiger partial charge is 0.355 e. The number of amides is 1. The number of nitrogens with one attached hydrogen (secondary N) is 1. The highest BCUT2D eigenvalue weighted by atomic mass is 32.1. The van der Waals surface area contributed by atoms with Gasteiger partial charge >= 0.3 is 0 Å². The van der Waals surface area contributed by atoms with Gasteiger partial charge in [-0.25, -0.2) is 0 Å². The Morgan fingerprint density at radius 3 is 2.45 bits per heavy atom. The molecule has 1 aliphatic rings. The zero-order chi connectivity index (χ0) is 19.6. The van der Waals surface area contributed by atoms with Crippen molar-refractivity contribution in [1.29, 1.82) is 0 Å². The van der Waals surface area contributed by atoms with E-state index in [1.54, 1.807) is 18.2 Å². The lowest BCUT2D eigenvalue weighted by molar-refractivity contribution is 0.102. The molecule has 0 bridgehead atoms. The second-order valence-electron chi connectivity index (χ2n) is 6.97. The average molecular weight is 402 g/mol. The molecule has 4 aromatic rings. The summed E-state index contributed by atoms with van der Waals surface area (Å²) in [5.41, 5.74) is 4.57. The Hall–Kier alpha value is -3.39. The van der Waals surface area contributed by atoms with Crippen molar-refractivity contribution < 1.29 is 4.79 Å². The molecule has 29 heavy (non-hydrogen) atoms. The highest BCUT2D eigenvalue weighted by Gasteiger charge is 2.14. The van der Waals surface area contributed by atoms with E-state index >= 15 is 0 Å². The fraction of sp³-hybridized carbons (Fsp3) is 0.190. The molecule has 5 rings (SSSR count). The molecule has 1 N–H and O–H groups in total. The molecule has 0 aliphatic carbocycles. The van der Waals surface area contributed by atoms with Crippen LogP contribution in [-0.4, -0.2) is 37.9 Å². The van der Waals surface area contributed by atoms with Crippen molar-refractivity contribution in [3.05, 3.63) is 60.2 Å². The number of hydrogen-bond acceptors (Lipinski definition) is 7. The van der Waals surface area contributed by atoms with Crippen molar-refractivity contribution in [2.75, 3.05) is 23.3 Å². The molecule has 0 radical (unpaired) electrons. The normalized spacial score (nSPS) is 13.7. The van der Waals surface area contributed by atoms with Gasteiger partial charge in [-0.1, -0.05) is 12.1 Å². The van der Waals surface area contributed by atoms with Gasteiger partial charge in [0.25, 0.3) is 5.91 Å². The van der Waals surface area contributed by atoms with E-state index in [4.69, 9.17) is 0 Å². The maximum atomic E-state index is 12.5. The molecule has 0 saturated carbocycles. The van der Waals surface area contributed by atoms with E-state index in [-0.39, 0.29) is 5.91 Å². The molecule has 0 unspecified atom stereocenters. The number of fused-ring (bicyclic) bond motifs is 1. The number of carbonyl (C=O) groups excluding carboxylic acids is 1. The summed E-state index contributed by atoms with van der Waals surface area (Å²) in [5.74, 6) is 0.754. The van der Waals surface area contributed by atoms with Crippen molar-refractivity contribution in [2.45, 2.75) is 12.8 Å². The maximum absolute atomic E-state index is 12.5. The number of anilines is 2. The lowest BCUT2D eigenvalue weighted by atomic mass is 10.1. The predicted molar refractivity (Wildman–Crippen MR) is 114 cm³/mol. The van der Waals surface area contributed by atoms with E-state index in [0.29, 0.717) is 5.56 Å². The van der Waals surface area contributed by atoms with Gasteiger partial charge in [0.05, 0.1) is 17.4 Å². The lowest BCUT2D eigenvalue weighted by Crippen LogP contribution is -2.19. The molecule has 7 nitrogen and oxygen atoms in total. The van der Waals surface area contributed by atoms with Gasteiger partial charge in [0.15, 0.2) is 5.82 Å². The SMILES string of the molecule is O=C(Nc1ccc(-c2ccc(N3CCCC3)nn2)cc1)c1ccc2nsnc2c1. The predicted octanol–water partition coefficient (Wildman–Crippen LogP) is 4.00. The monoisotopic (exact) mass is 402 g/mol. The number of rotatable bonds is 4. The minimum Gasteiger partial charge on any atom is -0.355 e. The van der Waals surface area contributed by atoms with Crippen molar-refractivity contribution in [3.63, 3.8) is 0 Å². The van der Waals surface area contributed by atoms with E-state index in [2.05, 4.69) is 29.2 Å². The van der Waals surface area contributed by atoms with Crippen LogP contribution >= 0.6 is 11.7 Å². The molecule has 1 aliphatic heterocycles. The van der Waals surface area contributed by atoms with Crippen LogP contribution in [0.3, 0.4) is 0 Å².